The highest BCUT2D eigenvalue weighted by Gasteiger charge is 2.22. The molecule has 1 aromatic carbocycles. The van der Waals surface area contributed by atoms with Gasteiger partial charge in [-0.3, -0.25) is 9.59 Å². The van der Waals surface area contributed by atoms with Gasteiger partial charge in [0.1, 0.15) is 11.6 Å². The Labute approximate surface area is 139 Å². The molecule has 0 fully saturated rings. The van der Waals surface area contributed by atoms with Gasteiger partial charge >= 0.3 is 5.97 Å². The van der Waals surface area contributed by atoms with Gasteiger partial charge in [-0.2, -0.15) is 0 Å². The number of halogens is 2. The topological polar surface area (TPSA) is 75.6 Å². The van der Waals surface area contributed by atoms with E-state index >= 15 is 0 Å². The van der Waals surface area contributed by atoms with E-state index in [2.05, 4.69) is 5.32 Å². The lowest BCUT2D eigenvalue weighted by molar-refractivity contribution is -0.142. The average molecular weight is 346 g/mol. The van der Waals surface area contributed by atoms with E-state index in [4.69, 9.17) is 21.4 Å². The van der Waals surface area contributed by atoms with Crippen molar-refractivity contribution in [2.45, 2.75) is 33.3 Å². The van der Waals surface area contributed by atoms with E-state index < -0.39 is 29.7 Å². The molecule has 0 radical (unpaired) electrons. The zero-order chi connectivity index (χ0) is 17.6. The van der Waals surface area contributed by atoms with E-state index in [1.807, 2.05) is 13.8 Å². The van der Waals surface area contributed by atoms with E-state index in [0.717, 1.165) is 6.07 Å². The molecule has 0 saturated heterocycles. The van der Waals surface area contributed by atoms with Gasteiger partial charge in [0.05, 0.1) is 10.9 Å². The summed E-state index contributed by atoms with van der Waals surface area (Å²) in [7, 11) is 0. The molecule has 2 unspecified atom stereocenters. The summed E-state index contributed by atoms with van der Waals surface area (Å²) in [5, 5.41) is 11.8. The molecule has 0 aromatic heterocycles. The summed E-state index contributed by atoms with van der Waals surface area (Å²) < 4.78 is 18.3. The van der Waals surface area contributed by atoms with Crippen molar-refractivity contribution in [3.8, 4) is 5.75 Å². The Kier molecular flexibility index (Phi) is 7.29. The third kappa shape index (κ3) is 6.44. The van der Waals surface area contributed by atoms with Gasteiger partial charge in [0, 0.05) is 6.54 Å². The van der Waals surface area contributed by atoms with Crippen molar-refractivity contribution in [3.63, 3.8) is 0 Å². The molecule has 7 heteroatoms. The van der Waals surface area contributed by atoms with Crippen LogP contribution in [0.2, 0.25) is 5.02 Å². The molecule has 2 N–H and O–H groups in total. The number of amides is 1. The zero-order valence-electron chi connectivity index (χ0n) is 13.3. The molecule has 128 valence electrons. The van der Waals surface area contributed by atoms with E-state index in [1.54, 1.807) is 0 Å². The predicted octanol–water partition coefficient (Wildman–Crippen LogP) is 3.11. The summed E-state index contributed by atoms with van der Waals surface area (Å²) in [6, 6.07) is 3.60. The van der Waals surface area contributed by atoms with Crippen LogP contribution < -0.4 is 10.1 Å². The summed E-state index contributed by atoms with van der Waals surface area (Å²) in [5.74, 6) is -2.17. The van der Waals surface area contributed by atoms with Gasteiger partial charge in [0.2, 0.25) is 0 Å². The van der Waals surface area contributed by atoms with Crippen LogP contribution in [0.15, 0.2) is 18.2 Å². The number of ether oxygens (including phenoxy) is 1. The maximum atomic E-state index is 13.0. The van der Waals surface area contributed by atoms with Gasteiger partial charge in [-0.25, -0.2) is 4.39 Å². The van der Waals surface area contributed by atoms with E-state index in [1.165, 1.54) is 19.1 Å². The van der Waals surface area contributed by atoms with Gasteiger partial charge in [0.15, 0.2) is 6.10 Å². The smallest absolute Gasteiger partial charge is 0.308 e. The maximum absolute atomic E-state index is 13.0. The number of benzene rings is 1. The van der Waals surface area contributed by atoms with Crippen LogP contribution in [0.5, 0.6) is 5.75 Å². The molecule has 0 heterocycles. The van der Waals surface area contributed by atoms with E-state index in [0.29, 0.717) is 6.42 Å². The van der Waals surface area contributed by atoms with Gasteiger partial charge in [0.25, 0.3) is 5.91 Å². The standard InChI is InChI=1S/C16H21ClFNO4/c1-9(2)6-11(16(21)22)8-19-15(20)10(3)23-14-5-4-12(18)7-13(14)17/h4-5,7,9-11H,6,8H2,1-3H3,(H,19,20)(H,21,22). The minimum absolute atomic E-state index is 0.0250. The molecule has 0 saturated carbocycles. The number of aliphatic carboxylic acids is 1. The monoisotopic (exact) mass is 345 g/mol. The number of nitrogens with one attached hydrogen (secondary N) is 1. The highest BCUT2D eigenvalue weighted by molar-refractivity contribution is 6.32. The largest absolute Gasteiger partial charge is 0.481 e. The fourth-order valence-corrected chi connectivity index (χ4v) is 2.23. The molecule has 0 spiro atoms. The van der Waals surface area contributed by atoms with Crippen molar-refractivity contribution in [1.82, 2.24) is 5.32 Å². The molecule has 5 nitrogen and oxygen atoms in total. The molecule has 0 aliphatic carbocycles. The second kappa shape index (κ2) is 8.72. The molecule has 2 atom stereocenters. The van der Waals surface area contributed by atoms with Crippen LogP contribution in [0.25, 0.3) is 0 Å². The molecular formula is C16H21ClFNO4. The minimum Gasteiger partial charge on any atom is -0.481 e. The predicted molar refractivity (Wildman–Crippen MR) is 85.1 cm³/mol. The van der Waals surface area contributed by atoms with Crippen molar-refractivity contribution in [3.05, 3.63) is 29.0 Å². The second-order valence-electron chi connectivity index (χ2n) is 5.74. The minimum atomic E-state index is -0.950. The SMILES string of the molecule is CC(C)CC(CNC(=O)C(C)Oc1ccc(F)cc1Cl)C(=O)O. The van der Waals surface area contributed by atoms with Crippen LogP contribution in [0.3, 0.4) is 0 Å². The first-order valence-corrected chi connectivity index (χ1v) is 7.70. The van der Waals surface area contributed by atoms with Crippen molar-refractivity contribution in [2.75, 3.05) is 6.54 Å². The van der Waals surface area contributed by atoms with Crippen molar-refractivity contribution in [2.24, 2.45) is 11.8 Å². The van der Waals surface area contributed by atoms with Crippen LogP contribution >= 0.6 is 11.6 Å². The lowest BCUT2D eigenvalue weighted by atomic mass is 9.97. The molecule has 1 rings (SSSR count). The first-order valence-electron chi connectivity index (χ1n) is 7.33. The number of hydrogen-bond acceptors (Lipinski definition) is 3. The van der Waals surface area contributed by atoms with Crippen LogP contribution in [0.1, 0.15) is 27.2 Å². The van der Waals surface area contributed by atoms with Gasteiger partial charge < -0.3 is 15.2 Å². The van der Waals surface area contributed by atoms with Gasteiger partial charge in [-0.15, -0.1) is 0 Å². The van der Waals surface area contributed by atoms with Crippen LogP contribution in [0, 0.1) is 17.7 Å². The van der Waals surface area contributed by atoms with Gasteiger partial charge in [-0.1, -0.05) is 25.4 Å². The quantitative estimate of drug-likeness (QED) is 0.759. The summed E-state index contributed by atoms with van der Waals surface area (Å²) >= 11 is 5.83. The zero-order valence-corrected chi connectivity index (χ0v) is 14.1. The average Bonchev–Trinajstić information content (AvgIpc) is 2.45. The Balaban J connectivity index is 2.57. The molecule has 1 amide bonds. The molecule has 23 heavy (non-hydrogen) atoms. The van der Waals surface area contributed by atoms with E-state index in [-0.39, 0.29) is 23.2 Å². The fraction of sp³-hybridized carbons (Fsp3) is 0.500. The van der Waals surface area contributed by atoms with E-state index in [9.17, 15) is 14.0 Å². The number of hydrogen-bond donors (Lipinski definition) is 2. The summed E-state index contributed by atoms with van der Waals surface area (Å²) in [6.07, 6.45) is -0.416. The first kappa shape index (κ1) is 19.2. The third-order valence-corrected chi connectivity index (χ3v) is 3.49. The second-order valence-corrected chi connectivity index (χ2v) is 6.15. The van der Waals surface area contributed by atoms with Crippen LogP contribution in [-0.2, 0) is 9.59 Å². The third-order valence-electron chi connectivity index (χ3n) is 3.19. The number of rotatable bonds is 8. The van der Waals surface area contributed by atoms with Gasteiger partial charge in [-0.05, 0) is 37.5 Å². The van der Waals surface area contributed by atoms with Crippen molar-refractivity contribution in [1.29, 1.82) is 0 Å². The Morgan fingerprint density at radius 2 is 2.00 bits per heavy atom. The molecule has 0 bridgehead atoms. The summed E-state index contributed by atoms with van der Waals surface area (Å²) in [4.78, 5) is 23.1. The normalized spacial score (nSPS) is 13.5. The number of carboxylic acids is 1. The summed E-state index contributed by atoms with van der Waals surface area (Å²) in [6.45, 7) is 5.37. The lowest BCUT2D eigenvalue weighted by Crippen LogP contribution is -2.40. The number of carbonyl (C=O) groups excluding carboxylic acids is 1. The molecule has 0 aliphatic heterocycles. The first-order chi connectivity index (χ1) is 10.7. The Morgan fingerprint density at radius 1 is 1.35 bits per heavy atom. The fourth-order valence-electron chi connectivity index (χ4n) is 2.02. The molecular weight excluding hydrogens is 325 g/mol. The Hall–Kier alpha value is -1.82. The Morgan fingerprint density at radius 3 is 2.52 bits per heavy atom. The highest BCUT2D eigenvalue weighted by atomic mass is 35.5. The maximum Gasteiger partial charge on any atom is 0.308 e. The Bertz CT molecular complexity index is 565. The lowest BCUT2D eigenvalue weighted by Gasteiger charge is -2.18. The molecule has 1 aromatic rings. The van der Waals surface area contributed by atoms with Crippen molar-refractivity contribution < 1.29 is 23.8 Å². The van der Waals surface area contributed by atoms with Crippen LogP contribution in [0.4, 0.5) is 4.39 Å². The molecule has 0 aliphatic rings. The highest BCUT2D eigenvalue weighted by Crippen LogP contribution is 2.25. The number of carbonyl (C=O) groups is 2. The van der Waals surface area contributed by atoms with Crippen molar-refractivity contribution >= 4 is 23.5 Å². The number of carboxylic acid groups (broad SMARTS) is 1. The summed E-state index contributed by atoms with van der Waals surface area (Å²) in [5.41, 5.74) is 0. The van der Waals surface area contributed by atoms with Crippen LogP contribution in [-0.4, -0.2) is 29.6 Å².